The van der Waals surface area contributed by atoms with Crippen LogP contribution in [0.3, 0.4) is 0 Å². The van der Waals surface area contributed by atoms with Gasteiger partial charge in [-0.1, -0.05) is 18.2 Å². The topological polar surface area (TPSA) is 54.0 Å². The summed E-state index contributed by atoms with van der Waals surface area (Å²) in [5.74, 6) is 0.497. The smallest absolute Gasteiger partial charge is 0.257 e. The Labute approximate surface area is 111 Å². The van der Waals surface area contributed by atoms with Crippen molar-refractivity contribution in [1.82, 2.24) is 10.3 Å². The van der Waals surface area contributed by atoms with E-state index in [0.29, 0.717) is 5.82 Å². The van der Waals surface area contributed by atoms with E-state index in [-0.39, 0.29) is 5.91 Å². The summed E-state index contributed by atoms with van der Waals surface area (Å²) in [6.07, 6.45) is 2.56. The minimum Gasteiger partial charge on any atom is -0.312 e. The number of aromatic nitrogens is 1. The average Bonchev–Trinajstić information content (AvgIpc) is 2.47. The summed E-state index contributed by atoms with van der Waals surface area (Å²) in [6.45, 7) is 1.75. The first-order valence-electron chi connectivity index (χ1n) is 6.38. The molecule has 0 aliphatic carbocycles. The molecule has 4 nitrogen and oxygen atoms in total. The van der Waals surface area contributed by atoms with Gasteiger partial charge >= 0.3 is 0 Å². The third-order valence-corrected chi connectivity index (χ3v) is 3.29. The predicted octanol–water partition coefficient (Wildman–Crippen LogP) is 1.98. The maximum atomic E-state index is 12.3. The van der Waals surface area contributed by atoms with Crippen LogP contribution in [0.1, 0.15) is 21.5 Å². The molecule has 1 aliphatic rings. The number of nitrogens with one attached hydrogen (secondary N) is 2. The van der Waals surface area contributed by atoms with Gasteiger partial charge in [-0.2, -0.15) is 0 Å². The minimum absolute atomic E-state index is 0.0857. The van der Waals surface area contributed by atoms with E-state index in [4.69, 9.17) is 0 Å². The van der Waals surface area contributed by atoms with Gasteiger partial charge in [0.25, 0.3) is 5.91 Å². The van der Waals surface area contributed by atoms with Gasteiger partial charge in [-0.15, -0.1) is 0 Å². The molecule has 19 heavy (non-hydrogen) atoms. The zero-order valence-electron chi connectivity index (χ0n) is 10.5. The number of carbonyl (C=O) groups excluding carboxylic acids is 1. The fourth-order valence-electron chi connectivity index (χ4n) is 2.37. The Morgan fingerprint density at radius 3 is 3.00 bits per heavy atom. The first-order chi connectivity index (χ1) is 9.34. The van der Waals surface area contributed by atoms with E-state index in [1.807, 2.05) is 24.3 Å². The van der Waals surface area contributed by atoms with E-state index >= 15 is 0 Å². The molecule has 2 N–H and O–H groups in total. The lowest BCUT2D eigenvalue weighted by atomic mass is 9.95. The van der Waals surface area contributed by atoms with Crippen LogP contribution in [-0.4, -0.2) is 17.4 Å². The number of anilines is 1. The molecule has 4 heteroatoms. The number of carbonyl (C=O) groups is 1. The molecule has 0 saturated heterocycles. The quantitative estimate of drug-likeness (QED) is 0.860. The van der Waals surface area contributed by atoms with Crippen LogP contribution in [0.5, 0.6) is 0 Å². The molecule has 3 rings (SSSR count). The summed E-state index contributed by atoms with van der Waals surface area (Å²) in [7, 11) is 0. The van der Waals surface area contributed by atoms with Crippen molar-refractivity contribution in [2.24, 2.45) is 0 Å². The van der Waals surface area contributed by atoms with Gasteiger partial charge in [0.05, 0.1) is 0 Å². The lowest BCUT2D eigenvalue weighted by Gasteiger charge is -2.19. The second-order valence-corrected chi connectivity index (χ2v) is 4.54. The van der Waals surface area contributed by atoms with Gasteiger partial charge in [0, 0.05) is 18.3 Å². The summed E-state index contributed by atoms with van der Waals surface area (Å²) in [4.78, 5) is 16.4. The number of fused-ring (bicyclic) bond motifs is 1. The molecule has 2 aromatic rings. The molecule has 0 unspecified atom stereocenters. The fourth-order valence-corrected chi connectivity index (χ4v) is 2.37. The molecule has 1 aromatic carbocycles. The highest BCUT2D eigenvalue weighted by molar-refractivity contribution is 6.05. The third kappa shape index (κ3) is 2.48. The van der Waals surface area contributed by atoms with Crippen molar-refractivity contribution >= 4 is 11.7 Å². The molecule has 1 aliphatic heterocycles. The highest BCUT2D eigenvalue weighted by Gasteiger charge is 2.17. The predicted molar refractivity (Wildman–Crippen MR) is 74.0 cm³/mol. The Hall–Kier alpha value is -2.20. The van der Waals surface area contributed by atoms with Crippen LogP contribution in [0.2, 0.25) is 0 Å². The largest absolute Gasteiger partial charge is 0.312 e. The lowest BCUT2D eigenvalue weighted by molar-refractivity contribution is 0.102. The van der Waals surface area contributed by atoms with E-state index in [1.165, 1.54) is 5.56 Å². The standard InChI is InChI=1S/C15H15N3O/c19-15(18-14-6-1-2-8-17-14)13-5-3-4-11-10-16-9-7-12(11)13/h1-6,8,16H,7,9-10H2,(H,17,18,19). The molecule has 1 amide bonds. The summed E-state index contributed by atoms with van der Waals surface area (Å²) >= 11 is 0. The molecule has 1 aromatic heterocycles. The molecule has 96 valence electrons. The molecular weight excluding hydrogens is 238 g/mol. The van der Waals surface area contributed by atoms with Crippen LogP contribution < -0.4 is 10.6 Å². The molecule has 0 radical (unpaired) electrons. The van der Waals surface area contributed by atoms with Crippen molar-refractivity contribution in [1.29, 1.82) is 0 Å². The number of nitrogens with zero attached hydrogens (tertiary/aromatic N) is 1. The Morgan fingerprint density at radius 2 is 2.16 bits per heavy atom. The fraction of sp³-hybridized carbons (Fsp3) is 0.200. The number of rotatable bonds is 2. The molecule has 0 atom stereocenters. The summed E-state index contributed by atoms with van der Waals surface area (Å²) in [5.41, 5.74) is 3.11. The number of hydrogen-bond donors (Lipinski definition) is 2. The van der Waals surface area contributed by atoms with Crippen LogP contribution in [0, 0.1) is 0 Å². The molecular formula is C15H15N3O. The second kappa shape index (κ2) is 5.20. The van der Waals surface area contributed by atoms with E-state index in [0.717, 1.165) is 30.6 Å². The van der Waals surface area contributed by atoms with Gasteiger partial charge < -0.3 is 10.6 Å². The Bertz CT molecular complexity index is 596. The molecule has 0 fully saturated rings. The number of pyridine rings is 1. The van der Waals surface area contributed by atoms with Gasteiger partial charge in [0.15, 0.2) is 0 Å². The van der Waals surface area contributed by atoms with Crippen molar-refractivity contribution in [2.75, 3.05) is 11.9 Å². The van der Waals surface area contributed by atoms with Crippen LogP contribution in [0.4, 0.5) is 5.82 Å². The van der Waals surface area contributed by atoms with E-state index < -0.39 is 0 Å². The van der Waals surface area contributed by atoms with Crippen molar-refractivity contribution in [2.45, 2.75) is 13.0 Å². The summed E-state index contributed by atoms with van der Waals surface area (Å²) < 4.78 is 0. The van der Waals surface area contributed by atoms with Crippen molar-refractivity contribution in [3.63, 3.8) is 0 Å². The zero-order valence-corrected chi connectivity index (χ0v) is 10.5. The van der Waals surface area contributed by atoms with Gasteiger partial charge in [0.2, 0.25) is 0 Å². The van der Waals surface area contributed by atoms with Crippen molar-refractivity contribution < 1.29 is 4.79 Å². The maximum Gasteiger partial charge on any atom is 0.257 e. The minimum atomic E-state index is -0.0857. The normalized spacial score (nSPS) is 13.7. The summed E-state index contributed by atoms with van der Waals surface area (Å²) in [6, 6.07) is 11.3. The van der Waals surface area contributed by atoms with Crippen LogP contribution >= 0.6 is 0 Å². The van der Waals surface area contributed by atoms with Gasteiger partial charge in [0.1, 0.15) is 5.82 Å². The SMILES string of the molecule is O=C(Nc1ccccn1)c1cccc2c1CCNC2. The van der Waals surface area contributed by atoms with Crippen LogP contribution in [0.15, 0.2) is 42.6 Å². The summed E-state index contributed by atoms with van der Waals surface area (Å²) in [5, 5.41) is 6.15. The molecule has 0 bridgehead atoms. The number of hydrogen-bond acceptors (Lipinski definition) is 3. The number of benzene rings is 1. The van der Waals surface area contributed by atoms with Crippen LogP contribution in [-0.2, 0) is 13.0 Å². The Balaban J connectivity index is 1.88. The van der Waals surface area contributed by atoms with Gasteiger partial charge in [-0.25, -0.2) is 4.98 Å². The van der Waals surface area contributed by atoms with Gasteiger partial charge in [-0.05, 0) is 42.3 Å². The third-order valence-electron chi connectivity index (χ3n) is 3.29. The van der Waals surface area contributed by atoms with E-state index in [9.17, 15) is 4.79 Å². The van der Waals surface area contributed by atoms with E-state index in [1.54, 1.807) is 12.3 Å². The van der Waals surface area contributed by atoms with Crippen LogP contribution in [0.25, 0.3) is 0 Å². The van der Waals surface area contributed by atoms with E-state index in [2.05, 4.69) is 21.7 Å². The Morgan fingerprint density at radius 1 is 1.21 bits per heavy atom. The molecule has 0 saturated carbocycles. The molecule has 0 spiro atoms. The average molecular weight is 253 g/mol. The highest BCUT2D eigenvalue weighted by atomic mass is 16.1. The number of amides is 1. The first-order valence-corrected chi connectivity index (χ1v) is 6.38. The second-order valence-electron chi connectivity index (χ2n) is 4.54. The Kier molecular flexibility index (Phi) is 3.25. The maximum absolute atomic E-state index is 12.3. The highest BCUT2D eigenvalue weighted by Crippen LogP contribution is 2.19. The van der Waals surface area contributed by atoms with Gasteiger partial charge in [-0.3, -0.25) is 4.79 Å². The molecule has 2 heterocycles. The zero-order chi connectivity index (χ0) is 13.1. The monoisotopic (exact) mass is 253 g/mol. The lowest BCUT2D eigenvalue weighted by Crippen LogP contribution is -2.26. The first kappa shape index (κ1) is 11.9. The van der Waals surface area contributed by atoms with Crippen molar-refractivity contribution in [3.8, 4) is 0 Å². The van der Waals surface area contributed by atoms with Crippen molar-refractivity contribution in [3.05, 3.63) is 59.3 Å².